The maximum Gasteiger partial charge on any atom is 0.428 e. The summed E-state index contributed by atoms with van der Waals surface area (Å²) in [4.78, 5) is 21.7. The van der Waals surface area contributed by atoms with E-state index in [9.17, 15) is 14.2 Å². The van der Waals surface area contributed by atoms with Crippen molar-refractivity contribution in [2.24, 2.45) is 0 Å². The molecule has 0 aromatic rings. The first kappa shape index (κ1) is 8.14. The number of imide groups is 1. The Morgan fingerprint density at radius 2 is 2.00 bits per heavy atom. The fraction of sp³-hybridized carbons (Fsp3) is 0.600. The molecular weight excluding hydrogens is 169 g/mol. The summed E-state index contributed by atoms with van der Waals surface area (Å²) >= 11 is 0. The second kappa shape index (κ2) is 2.27. The molecule has 0 aromatic heterocycles. The van der Waals surface area contributed by atoms with E-state index >= 15 is 0 Å². The van der Waals surface area contributed by atoms with Gasteiger partial charge in [0.25, 0.3) is 14.5 Å². The van der Waals surface area contributed by atoms with Crippen molar-refractivity contribution in [2.75, 3.05) is 0 Å². The summed E-state index contributed by atoms with van der Waals surface area (Å²) in [7, 11) is -0.646. The van der Waals surface area contributed by atoms with Gasteiger partial charge in [-0.15, -0.1) is 0 Å². The molecule has 5 nitrogen and oxygen atoms in total. The molecule has 0 unspecified atom stereocenters. The van der Waals surface area contributed by atoms with E-state index in [1.54, 1.807) is 0 Å². The van der Waals surface area contributed by atoms with Crippen LogP contribution in [-0.4, -0.2) is 22.3 Å². The zero-order valence-electron chi connectivity index (χ0n) is 6.03. The number of hydrogen-bond acceptors (Lipinski definition) is 4. The van der Waals surface area contributed by atoms with Gasteiger partial charge in [-0.25, -0.2) is 9.36 Å². The Morgan fingerprint density at radius 1 is 1.45 bits per heavy atom. The zero-order chi connectivity index (χ0) is 8.65. The van der Waals surface area contributed by atoms with Gasteiger partial charge < -0.3 is 4.74 Å². The zero-order valence-corrected chi connectivity index (χ0v) is 6.92. The van der Waals surface area contributed by atoms with Crippen LogP contribution in [0.4, 0.5) is 4.79 Å². The van der Waals surface area contributed by atoms with Gasteiger partial charge in [-0.2, -0.15) is 4.67 Å². The third-order valence-electron chi connectivity index (χ3n) is 1.30. The topological polar surface area (TPSA) is 63.7 Å². The molecule has 1 saturated heterocycles. The SMILES string of the molecule is CC1(C)OC(=O)N(P=O)C1=O. The van der Waals surface area contributed by atoms with Gasteiger partial charge in [0.05, 0.1) is 0 Å². The van der Waals surface area contributed by atoms with Crippen LogP contribution in [0.1, 0.15) is 13.8 Å². The third-order valence-corrected chi connectivity index (χ3v) is 1.81. The first-order chi connectivity index (χ1) is 4.99. The summed E-state index contributed by atoms with van der Waals surface area (Å²) in [6, 6.07) is 0. The Balaban J connectivity index is 2.97. The molecular formula is C5H6NO4P. The molecule has 0 spiro atoms. The number of carbonyl (C=O) groups excluding carboxylic acids is 2. The lowest BCUT2D eigenvalue weighted by Gasteiger charge is -2.10. The van der Waals surface area contributed by atoms with Crippen molar-refractivity contribution in [3.05, 3.63) is 0 Å². The summed E-state index contributed by atoms with van der Waals surface area (Å²) in [5.41, 5.74) is -1.17. The van der Waals surface area contributed by atoms with Crippen molar-refractivity contribution in [3.8, 4) is 0 Å². The number of hydrogen-bond donors (Lipinski definition) is 0. The van der Waals surface area contributed by atoms with E-state index in [0.717, 1.165) is 0 Å². The largest absolute Gasteiger partial charge is 0.432 e. The van der Waals surface area contributed by atoms with Crippen molar-refractivity contribution in [1.29, 1.82) is 0 Å². The molecule has 0 aliphatic carbocycles. The average molecular weight is 175 g/mol. The average Bonchev–Trinajstić information content (AvgIpc) is 2.04. The van der Waals surface area contributed by atoms with Crippen LogP contribution in [-0.2, 0) is 14.1 Å². The van der Waals surface area contributed by atoms with Crippen molar-refractivity contribution in [1.82, 2.24) is 4.67 Å². The van der Waals surface area contributed by atoms with Gasteiger partial charge >= 0.3 is 6.09 Å². The lowest BCUT2D eigenvalue weighted by atomic mass is 10.1. The fourth-order valence-electron chi connectivity index (χ4n) is 0.714. The van der Waals surface area contributed by atoms with Crippen LogP contribution in [0.15, 0.2) is 0 Å². The van der Waals surface area contributed by atoms with E-state index in [-0.39, 0.29) is 0 Å². The molecule has 6 heteroatoms. The van der Waals surface area contributed by atoms with Gasteiger partial charge in [0.1, 0.15) is 0 Å². The lowest BCUT2D eigenvalue weighted by molar-refractivity contribution is -0.131. The molecule has 1 heterocycles. The third kappa shape index (κ3) is 1.12. The summed E-state index contributed by atoms with van der Waals surface area (Å²) < 4.78 is 15.3. The molecule has 0 bridgehead atoms. The minimum atomic E-state index is -1.17. The molecule has 60 valence electrons. The minimum Gasteiger partial charge on any atom is -0.432 e. The van der Waals surface area contributed by atoms with Crippen LogP contribution in [0.25, 0.3) is 0 Å². The van der Waals surface area contributed by atoms with Gasteiger partial charge in [-0.1, -0.05) is 0 Å². The number of cyclic esters (lactones) is 1. The van der Waals surface area contributed by atoms with Gasteiger partial charge in [0.15, 0.2) is 5.60 Å². The monoisotopic (exact) mass is 175 g/mol. The van der Waals surface area contributed by atoms with Crippen LogP contribution in [0.5, 0.6) is 0 Å². The Kier molecular flexibility index (Phi) is 1.68. The van der Waals surface area contributed by atoms with E-state index in [4.69, 9.17) is 0 Å². The highest BCUT2D eigenvalue weighted by atomic mass is 31.1. The van der Waals surface area contributed by atoms with Crippen LogP contribution in [0, 0.1) is 0 Å². The summed E-state index contributed by atoms with van der Waals surface area (Å²) in [6.45, 7) is 2.89. The standard InChI is InChI=1S/C5H6NO4P/c1-5(2)3(7)6(11-9)4(8)10-5/h1-2H3. The molecule has 0 aromatic carbocycles. The number of rotatable bonds is 1. The molecule has 2 amide bonds. The number of ether oxygens (including phenoxy) is 1. The summed E-state index contributed by atoms with van der Waals surface area (Å²) in [6.07, 6.45) is -0.864. The number of nitrogens with zero attached hydrogens (tertiary/aromatic N) is 1. The van der Waals surface area contributed by atoms with Gasteiger partial charge in [0, 0.05) is 0 Å². The quantitative estimate of drug-likeness (QED) is 0.556. The maximum absolute atomic E-state index is 11.0. The van der Waals surface area contributed by atoms with Crippen LogP contribution in [0.3, 0.4) is 0 Å². The van der Waals surface area contributed by atoms with E-state index in [0.29, 0.717) is 4.67 Å². The Labute approximate surface area is 64.6 Å². The minimum absolute atomic E-state index is 0.514. The van der Waals surface area contributed by atoms with Crippen LogP contribution >= 0.6 is 8.61 Å². The van der Waals surface area contributed by atoms with Gasteiger partial charge in [-0.3, -0.25) is 4.79 Å². The van der Waals surface area contributed by atoms with E-state index in [1.807, 2.05) is 0 Å². The Hall–Kier alpha value is -0.960. The van der Waals surface area contributed by atoms with E-state index in [2.05, 4.69) is 4.74 Å². The van der Waals surface area contributed by atoms with Crippen molar-refractivity contribution in [2.45, 2.75) is 19.4 Å². The lowest BCUT2D eigenvalue weighted by Crippen LogP contribution is -2.31. The molecule has 0 atom stereocenters. The number of carbonyl (C=O) groups is 2. The van der Waals surface area contributed by atoms with Gasteiger partial charge in [-0.05, 0) is 13.8 Å². The molecule has 1 rings (SSSR count). The van der Waals surface area contributed by atoms with E-state index in [1.165, 1.54) is 13.8 Å². The first-order valence-electron chi connectivity index (χ1n) is 2.90. The predicted octanol–water partition coefficient (Wildman–Crippen LogP) is 0.950. The second-order valence-corrected chi connectivity index (χ2v) is 3.14. The highest BCUT2D eigenvalue weighted by Gasteiger charge is 2.47. The molecule has 1 aliphatic rings. The maximum atomic E-state index is 11.0. The van der Waals surface area contributed by atoms with Crippen LogP contribution in [0.2, 0.25) is 0 Å². The van der Waals surface area contributed by atoms with Crippen molar-refractivity contribution in [3.63, 3.8) is 0 Å². The molecule has 0 saturated carbocycles. The summed E-state index contributed by atoms with van der Waals surface area (Å²) in [5.74, 6) is -0.584. The molecule has 1 fully saturated rings. The van der Waals surface area contributed by atoms with E-state index < -0.39 is 26.2 Å². The van der Waals surface area contributed by atoms with Crippen molar-refractivity contribution < 1.29 is 18.9 Å². The number of amides is 2. The Morgan fingerprint density at radius 3 is 2.18 bits per heavy atom. The summed E-state index contributed by atoms with van der Waals surface area (Å²) in [5, 5.41) is 0. The molecule has 11 heavy (non-hydrogen) atoms. The molecule has 1 aliphatic heterocycles. The molecule has 0 N–H and O–H groups in total. The fourth-order valence-corrected chi connectivity index (χ4v) is 1.14. The van der Waals surface area contributed by atoms with Gasteiger partial charge in [0.2, 0.25) is 0 Å². The second-order valence-electron chi connectivity index (χ2n) is 2.58. The predicted molar refractivity (Wildman–Crippen MR) is 35.0 cm³/mol. The first-order valence-corrected chi connectivity index (χ1v) is 3.66. The molecule has 0 radical (unpaired) electrons. The highest BCUT2D eigenvalue weighted by molar-refractivity contribution is 7.23. The highest BCUT2D eigenvalue weighted by Crippen LogP contribution is 2.27. The van der Waals surface area contributed by atoms with Crippen molar-refractivity contribution >= 4 is 20.6 Å². The smallest absolute Gasteiger partial charge is 0.428 e. The Bertz CT molecular complexity index is 237. The van der Waals surface area contributed by atoms with Crippen LogP contribution < -0.4 is 0 Å². The normalized spacial score (nSPS) is 22.5.